The van der Waals surface area contributed by atoms with Crippen molar-refractivity contribution in [2.75, 3.05) is 13.1 Å². The smallest absolute Gasteiger partial charge is 0.325 e. The van der Waals surface area contributed by atoms with E-state index in [1.54, 1.807) is 6.92 Å². The Morgan fingerprint density at radius 3 is 2.81 bits per heavy atom. The van der Waals surface area contributed by atoms with E-state index in [1.807, 2.05) is 35.8 Å². The molecule has 8 nitrogen and oxygen atoms in total. The molecule has 1 saturated heterocycles. The molecule has 0 spiro atoms. The number of aryl methyl sites for hydroxylation is 1. The number of nitrogens with zero attached hydrogens (tertiary/aromatic N) is 3. The summed E-state index contributed by atoms with van der Waals surface area (Å²) in [7, 11) is 0. The van der Waals surface area contributed by atoms with Crippen LogP contribution >= 0.6 is 0 Å². The van der Waals surface area contributed by atoms with Crippen molar-refractivity contribution in [3.63, 3.8) is 0 Å². The van der Waals surface area contributed by atoms with Gasteiger partial charge in [-0.1, -0.05) is 12.1 Å². The molecule has 1 aromatic heterocycles. The summed E-state index contributed by atoms with van der Waals surface area (Å²) in [6.07, 6.45) is 1.86. The molecule has 1 saturated carbocycles. The zero-order chi connectivity index (χ0) is 19.2. The average molecular weight is 369 g/mol. The van der Waals surface area contributed by atoms with Gasteiger partial charge in [0.1, 0.15) is 17.9 Å². The van der Waals surface area contributed by atoms with Crippen LogP contribution in [-0.2, 0) is 16.1 Å². The van der Waals surface area contributed by atoms with Crippen molar-refractivity contribution in [2.24, 2.45) is 5.92 Å². The number of carbonyl (C=O) groups excluding carboxylic acids is 3. The number of amides is 4. The minimum atomic E-state index is -0.857. The number of para-hydroxylation sites is 2. The minimum absolute atomic E-state index is 0.180. The van der Waals surface area contributed by atoms with Gasteiger partial charge in [0, 0.05) is 13.1 Å². The van der Waals surface area contributed by atoms with Crippen LogP contribution < -0.4 is 10.6 Å². The van der Waals surface area contributed by atoms with Gasteiger partial charge in [-0.25, -0.2) is 9.78 Å². The molecule has 0 radical (unpaired) electrons. The van der Waals surface area contributed by atoms with Crippen molar-refractivity contribution in [1.29, 1.82) is 0 Å². The van der Waals surface area contributed by atoms with E-state index in [1.165, 1.54) is 0 Å². The molecule has 1 aromatic carbocycles. The first-order chi connectivity index (χ1) is 12.9. The van der Waals surface area contributed by atoms with Crippen LogP contribution in [0.4, 0.5) is 4.79 Å². The highest BCUT2D eigenvalue weighted by Gasteiger charge is 2.56. The topological polar surface area (TPSA) is 96.3 Å². The van der Waals surface area contributed by atoms with Crippen LogP contribution in [0.1, 0.15) is 25.6 Å². The van der Waals surface area contributed by atoms with Gasteiger partial charge in [-0.15, -0.1) is 0 Å². The van der Waals surface area contributed by atoms with E-state index < -0.39 is 11.6 Å². The summed E-state index contributed by atoms with van der Waals surface area (Å²) in [5.74, 6) is 0.404. The molecule has 4 amide bonds. The Morgan fingerprint density at radius 2 is 2.07 bits per heavy atom. The molecule has 2 aliphatic rings. The molecule has 2 heterocycles. The molecule has 27 heavy (non-hydrogen) atoms. The summed E-state index contributed by atoms with van der Waals surface area (Å²) in [6, 6.07) is 7.34. The van der Waals surface area contributed by atoms with Crippen LogP contribution in [0.3, 0.4) is 0 Å². The van der Waals surface area contributed by atoms with E-state index in [-0.39, 0.29) is 24.3 Å². The zero-order valence-corrected chi connectivity index (χ0v) is 15.5. The Bertz CT molecular complexity index is 933. The fourth-order valence-electron chi connectivity index (χ4n) is 3.78. The number of imidazole rings is 1. The van der Waals surface area contributed by atoms with Gasteiger partial charge in [0.15, 0.2) is 0 Å². The Labute approximate surface area is 156 Å². The summed E-state index contributed by atoms with van der Waals surface area (Å²) in [5, 5.41) is 5.54. The monoisotopic (exact) mass is 369 g/mol. The first-order valence-corrected chi connectivity index (χ1v) is 9.23. The largest absolute Gasteiger partial charge is 0.353 e. The van der Waals surface area contributed by atoms with Crippen molar-refractivity contribution >= 4 is 28.9 Å². The van der Waals surface area contributed by atoms with Crippen molar-refractivity contribution in [3.8, 4) is 0 Å². The average Bonchev–Trinajstić information content (AvgIpc) is 3.41. The highest BCUT2D eigenvalue weighted by molar-refractivity contribution is 6.09. The maximum atomic E-state index is 12.6. The third kappa shape index (κ3) is 3.05. The number of carbonyl (C=O) groups is 3. The fourth-order valence-corrected chi connectivity index (χ4v) is 3.78. The zero-order valence-electron chi connectivity index (χ0n) is 15.5. The SMILES string of the molecule is Cc1nc2ccccc2n1CCNC(=O)CN1C(=O)NC(C)(C2CC2)C1=O. The van der Waals surface area contributed by atoms with Crippen LogP contribution in [0.5, 0.6) is 0 Å². The Kier molecular flexibility index (Phi) is 4.13. The molecule has 4 rings (SSSR count). The predicted molar refractivity (Wildman–Crippen MR) is 98.9 cm³/mol. The molecule has 1 aliphatic heterocycles. The van der Waals surface area contributed by atoms with E-state index in [9.17, 15) is 14.4 Å². The second kappa shape index (κ2) is 6.37. The molecule has 2 fully saturated rings. The van der Waals surface area contributed by atoms with Gasteiger partial charge in [-0.2, -0.15) is 0 Å². The number of aromatic nitrogens is 2. The molecule has 2 N–H and O–H groups in total. The van der Waals surface area contributed by atoms with E-state index in [0.717, 1.165) is 34.6 Å². The Balaban J connectivity index is 1.34. The lowest BCUT2D eigenvalue weighted by atomic mass is 9.96. The van der Waals surface area contributed by atoms with Crippen molar-refractivity contribution in [2.45, 2.75) is 38.8 Å². The number of fused-ring (bicyclic) bond motifs is 1. The van der Waals surface area contributed by atoms with Crippen LogP contribution in [0, 0.1) is 12.8 Å². The van der Waals surface area contributed by atoms with Gasteiger partial charge in [0.05, 0.1) is 11.0 Å². The van der Waals surface area contributed by atoms with E-state index in [0.29, 0.717) is 13.1 Å². The fraction of sp³-hybridized carbons (Fsp3) is 0.474. The van der Waals surface area contributed by atoms with Crippen LogP contribution in [-0.4, -0.2) is 50.9 Å². The molecule has 2 aromatic rings. The molecule has 0 bridgehead atoms. The number of rotatable bonds is 6. The van der Waals surface area contributed by atoms with Crippen LogP contribution in [0.25, 0.3) is 11.0 Å². The number of nitrogens with one attached hydrogen (secondary N) is 2. The molecule has 8 heteroatoms. The lowest BCUT2D eigenvalue weighted by molar-refractivity contribution is -0.135. The first-order valence-electron chi connectivity index (χ1n) is 9.23. The quantitative estimate of drug-likeness (QED) is 0.748. The van der Waals surface area contributed by atoms with Gasteiger partial charge >= 0.3 is 6.03 Å². The van der Waals surface area contributed by atoms with Crippen molar-refractivity contribution in [1.82, 2.24) is 25.1 Å². The third-order valence-corrected chi connectivity index (χ3v) is 5.50. The molecule has 1 atom stereocenters. The molecule has 1 aliphatic carbocycles. The van der Waals surface area contributed by atoms with Gasteiger partial charge in [-0.3, -0.25) is 14.5 Å². The number of benzene rings is 1. The highest BCUT2D eigenvalue weighted by Crippen LogP contribution is 2.42. The van der Waals surface area contributed by atoms with Crippen LogP contribution in [0.15, 0.2) is 24.3 Å². The minimum Gasteiger partial charge on any atom is -0.353 e. The van der Waals surface area contributed by atoms with E-state index >= 15 is 0 Å². The van der Waals surface area contributed by atoms with Gasteiger partial charge in [0.25, 0.3) is 5.91 Å². The summed E-state index contributed by atoms with van der Waals surface area (Å²) in [4.78, 5) is 42.4. The first kappa shape index (κ1) is 17.5. The Hall–Kier alpha value is -2.90. The summed E-state index contributed by atoms with van der Waals surface area (Å²) in [6.45, 7) is 4.38. The summed E-state index contributed by atoms with van der Waals surface area (Å²) in [5.41, 5.74) is 1.07. The maximum Gasteiger partial charge on any atom is 0.325 e. The van der Waals surface area contributed by atoms with Gasteiger partial charge < -0.3 is 15.2 Å². The van der Waals surface area contributed by atoms with E-state index in [2.05, 4.69) is 15.6 Å². The second-order valence-electron chi connectivity index (χ2n) is 7.45. The summed E-state index contributed by atoms with van der Waals surface area (Å²) < 4.78 is 2.04. The maximum absolute atomic E-state index is 12.6. The summed E-state index contributed by atoms with van der Waals surface area (Å²) >= 11 is 0. The third-order valence-electron chi connectivity index (χ3n) is 5.50. The van der Waals surface area contributed by atoms with Crippen molar-refractivity contribution in [3.05, 3.63) is 30.1 Å². The van der Waals surface area contributed by atoms with Crippen LogP contribution in [0.2, 0.25) is 0 Å². The predicted octanol–water partition coefficient (Wildman–Crippen LogP) is 1.18. The second-order valence-corrected chi connectivity index (χ2v) is 7.45. The molecular weight excluding hydrogens is 346 g/mol. The normalized spacial score (nSPS) is 22.4. The number of imide groups is 1. The Morgan fingerprint density at radius 1 is 1.33 bits per heavy atom. The number of hydrogen-bond donors (Lipinski definition) is 2. The highest BCUT2D eigenvalue weighted by atomic mass is 16.2. The lowest BCUT2D eigenvalue weighted by Crippen LogP contribution is -2.47. The molecular formula is C19H23N5O3. The number of urea groups is 1. The van der Waals surface area contributed by atoms with Crippen molar-refractivity contribution < 1.29 is 14.4 Å². The lowest BCUT2D eigenvalue weighted by Gasteiger charge is -2.20. The molecule has 1 unspecified atom stereocenters. The molecule has 142 valence electrons. The van der Waals surface area contributed by atoms with Gasteiger partial charge in [-0.05, 0) is 44.7 Å². The standard InChI is InChI=1S/C19H23N5O3/c1-12-21-14-5-3-4-6-15(14)23(12)10-9-20-16(25)11-24-17(26)19(2,13-7-8-13)22-18(24)27/h3-6,13H,7-11H2,1-2H3,(H,20,25)(H,22,27). The number of hydrogen-bond acceptors (Lipinski definition) is 4. The van der Waals surface area contributed by atoms with E-state index in [4.69, 9.17) is 0 Å². The van der Waals surface area contributed by atoms with Gasteiger partial charge in [0.2, 0.25) is 5.91 Å².